The molecule has 0 aromatic carbocycles. The average Bonchev–Trinajstić information content (AvgIpc) is 2.34. The predicted octanol–water partition coefficient (Wildman–Crippen LogP) is 2.84. The largest absolute Gasteiger partial charge is 0.471 e. The highest BCUT2D eigenvalue weighted by molar-refractivity contribution is 5.29. The Balaban J connectivity index is 2.98. The van der Waals surface area contributed by atoms with Crippen molar-refractivity contribution in [1.29, 1.82) is 0 Å². The van der Waals surface area contributed by atoms with Crippen LogP contribution < -0.4 is 10.5 Å². The fraction of sp³-hybridized carbons (Fsp3) is 0.500. The number of aromatic nitrogens is 1. The smallest absolute Gasteiger partial charge is 0.433 e. The van der Waals surface area contributed by atoms with E-state index in [1.807, 2.05) is 0 Å². The van der Waals surface area contributed by atoms with E-state index in [4.69, 9.17) is 5.73 Å². The Hall–Kier alpha value is -1.58. The minimum Gasteiger partial charge on any atom is -0.471 e. The molecule has 1 rings (SSSR count). The molecule has 114 valence electrons. The second-order valence-corrected chi connectivity index (χ2v) is 3.71. The number of nitrogens with two attached hydrogens (primary N) is 1. The van der Waals surface area contributed by atoms with Gasteiger partial charge in [0, 0.05) is 12.1 Å². The number of rotatable bonds is 5. The van der Waals surface area contributed by atoms with Gasteiger partial charge in [-0.2, -0.15) is 22.0 Å². The van der Waals surface area contributed by atoms with Crippen molar-refractivity contribution in [2.75, 3.05) is 6.61 Å². The number of alkyl halides is 7. The maximum atomic E-state index is 12.6. The molecule has 0 spiro atoms. The molecule has 10 heteroatoms. The number of ether oxygens (including phenoxy) is 1. The van der Waals surface area contributed by atoms with Crippen LogP contribution in [0.15, 0.2) is 12.1 Å². The Morgan fingerprint density at radius 3 is 2.20 bits per heavy atom. The lowest BCUT2D eigenvalue weighted by molar-refractivity contribution is -0.150. The summed E-state index contributed by atoms with van der Waals surface area (Å²) in [5.74, 6) is -5.34. The van der Waals surface area contributed by atoms with E-state index >= 15 is 0 Å². The zero-order valence-corrected chi connectivity index (χ0v) is 9.72. The number of halogens is 7. The van der Waals surface area contributed by atoms with Crippen molar-refractivity contribution >= 4 is 0 Å². The predicted molar refractivity (Wildman–Crippen MR) is 53.6 cm³/mol. The van der Waals surface area contributed by atoms with E-state index < -0.39 is 36.7 Å². The normalized spacial score (nSPS) is 12.8. The third-order valence-corrected chi connectivity index (χ3v) is 2.17. The van der Waals surface area contributed by atoms with Crippen molar-refractivity contribution in [3.05, 3.63) is 23.4 Å². The fourth-order valence-corrected chi connectivity index (χ4v) is 1.14. The summed E-state index contributed by atoms with van der Waals surface area (Å²) in [6.07, 6.45) is -8.83. The molecule has 0 saturated heterocycles. The van der Waals surface area contributed by atoms with Gasteiger partial charge in [-0.1, -0.05) is 6.07 Å². The summed E-state index contributed by atoms with van der Waals surface area (Å²) in [5.41, 5.74) is 3.67. The highest BCUT2D eigenvalue weighted by Gasteiger charge is 2.42. The average molecular weight is 306 g/mol. The Morgan fingerprint density at radius 2 is 1.75 bits per heavy atom. The van der Waals surface area contributed by atoms with Crippen LogP contribution in [0.25, 0.3) is 0 Å². The first kappa shape index (κ1) is 16.5. The van der Waals surface area contributed by atoms with Crippen LogP contribution in [0.3, 0.4) is 0 Å². The Labute approximate surface area is 108 Å². The summed E-state index contributed by atoms with van der Waals surface area (Å²) in [6, 6.07) is 1.46. The van der Waals surface area contributed by atoms with E-state index in [0.717, 1.165) is 6.07 Å². The van der Waals surface area contributed by atoms with Crippen molar-refractivity contribution in [3.8, 4) is 5.88 Å². The number of nitrogens with zero attached hydrogens (tertiary/aromatic N) is 1. The summed E-state index contributed by atoms with van der Waals surface area (Å²) < 4.78 is 90.5. The molecule has 0 unspecified atom stereocenters. The van der Waals surface area contributed by atoms with Gasteiger partial charge in [0.05, 0.1) is 0 Å². The maximum absolute atomic E-state index is 12.6. The van der Waals surface area contributed by atoms with Crippen LogP contribution in [0, 0.1) is 0 Å². The molecule has 1 aromatic rings. The molecule has 0 saturated carbocycles. The van der Waals surface area contributed by atoms with Crippen LogP contribution in [0.1, 0.15) is 11.3 Å². The summed E-state index contributed by atoms with van der Waals surface area (Å²) in [5, 5.41) is 0. The lowest BCUT2D eigenvalue weighted by Crippen LogP contribution is -2.34. The van der Waals surface area contributed by atoms with Crippen molar-refractivity contribution < 1.29 is 35.5 Å². The van der Waals surface area contributed by atoms with E-state index in [-0.39, 0.29) is 12.1 Å². The molecule has 1 heterocycles. The first-order chi connectivity index (χ1) is 9.08. The van der Waals surface area contributed by atoms with E-state index in [9.17, 15) is 30.7 Å². The van der Waals surface area contributed by atoms with E-state index in [1.54, 1.807) is 0 Å². The fourth-order valence-electron chi connectivity index (χ4n) is 1.14. The van der Waals surface area contributed by atoms with Crippen molar-refractivity contribution in [2.24, 2.45) is 5.73 Å². The number of hydrogen-bond acceptors (Lipinski definition) is 3. The third kappa shape index (κ3) is 3.95. The summed E-state index contributed by atoms with van der Waals surface area (Å²) in [4.78, 5) is 2.97. The van der Waals surface area contributed by atoms with E-state index in [2.05, 4.69) is 9.72 Å². The standard InChI is InChI=1S/C10H9F7N2O/c11-8(12)9(13,14)4-20-7-5(3-18)1-2-6(19-7)10(15,16)17/h1-2,8H,3-4,18H2. The van der Waals surface area contributed by atoms with Gasteiger partial charge in [-0.3, -0.25) is 0 Å². The zero-order valence-electron chi connectivity index (χ0n) is 9.72. The molecule has 0 atom stereocenters. The first-order valence-corrected chi connectivity index (χ1v) is 5.14. The lowest BCUT2D eigenvalue weighted by atomic mass is 10.2. The van der Waals surface area contributed by atoms with E-state index in [0.29, 0.717) is 6.07 Å². The van der Waals surface area contributed by atoms with Crippen molar-refractivity contribution in [1.82, 2.24) is 4.98 Å². The van der Waals surface area contributed by atoms with Gasteiger partial charge in [0.25, 0.3) is 0 Å². The molecule has 20 heavy (non-hydrogen) atoms. The van der Waals surface area contributed by atoms with Crippen LogP contribution in [-0.4, -0.2) is 23.9 Å². The van der Waals surface area contributed by atoms with Crippen molar-refractivity contribution in [2.45, 2.75) is 25.1 Å². The van der Waals surface area contributed by atoms with Gasteiger partial charge in [-0.25, -0.2) is 13.8 Å². The van der Waals surface area contributed by atoms with Gasteiger partial charge in [-0.05, 0) is 6.07 Å². The van der Waals surface area contributed by atoms with Crippen LogP contribution in [-0.2, 0) is 12.7 Å². The van der Waals surface area contributed by atoms with Gasteiger partial charge >= 0.3 is 18.5 Å². The van der Waals surface area contributed by atoms with Gasteiger partial charge < -0.3 is 10.5 Å². The van der Waals surface area contributed by atoms with Crippen LogP contribution in [0.4, 0.5) is 30.7 Å². The Bertz CT molecular complexity index is 461. The van der Waals surface area contributed by atoms with Gasteiger partial charge in [0.15, 0.2) is 6.61 Å². The third-order valence-electron chi connectivity index (χ3n) is 2.17. The highest BCUT2D eigenvalue weighted by Crippen LogP contribution is 2.31. The summed E-state index contributed by atoms with van der Waals surface area (Å²) in [6.45, 7) is -2.15. The molecular weight excluding hydrogens is 297 g/mol. The number of pyridine rings is 1. The summed E-state index contributed by atoms with van der Waals surface area (Å²) >= 11 is 0. The SMILES string of the molecule is NCc1ccc(C(F)(F)F)nc1OCC(F)(F)C(F)F. The molecule has 0 fully saturated rings. The zero-order chi connectivity index (χ0) is 15.6. The van der Waals surface area contributed by atoms with Crippen LogP contribution in [0.2, 0.25) is 0 Å². The molecule has 0 radical (unpaired) electrons. The molecule has 1 aromatic heterocycles. The van der Waals surface area contributed by atoms with Gasteiger partial charge in [0.1, 0.15) is 5.69 Å². The second-order valence-electron chi connectivity index (χ2n) is 3.71. The van der Waals surface area contributed by atoms with Gasteiger partial charge in [-0.15, -0.1) is 0 Å². The Kier molecular flexibility index (Phi) is 4.79. The molecule has 0 aliphatic heterocycles. The lowest BCUT2D eigenvalue weighted by Gasteiger charge is -2.17. The quantitative estimate of drug-likeness (QED) is 0.851. The Morgan fingerprint density at radius 1 is 1.15 bits per heavy atom. The summed E-state index contributed by atoms with van der Waals surface area (Å²) in [7, 11) is 0. The van der Waals surface area contributed by atoms with Crippen LogP contribution in [0.5, 0.6) is 5.88 Å². The first-order valence-electron chi connectivity index (χ1n) is 5.14. The molecule has 0 amide bonds. The maximum Gasteiger partial charge on any atom is 0.433 e. The van der Waals surface area contributed by atoms with Crippen LogP contribution >= 0.6 is 0 Å². The monoisotopic (exact) mass is 306 g/mol. The van der Waals surface area contributed by atoms with Crippen molar-refractivity contribution in [3.63, 3.8) is 0 Å². The minimum atomic E-state index is -4.82. The molecule has 2 N–H and O–H groups in total. The number of hydrogen-bond donors (Lipinski definition) is 1. The van der Waals surface area contributed by atoms with E-state index in [1.165, 1.54) is 0 Å². The minimum absolute atomic E-state index is 0.108. The highest BCUT2D eigenvalue weighted by atomic mass is 19.4. The molecular formula is C10H9F7N2O. The molecule has 0 aliphatic carbocycles. The molecule has 3 nitrogen and oxygen atoms in total. The molecule has 0 aliphatic rings. The van der Waals surface area contributed by atoms with Gasteiger partial charge in [0.2, 0.25) is 5.88 Å². The second kappa shape index (κ2) is 5.81. The topological polar surface area (TPSA) is 48.1 Å². The molecule has 0 bridgehead atoms.